The summed E-state index contributed by atoms with van der Waals surface area (Å²) in [5.74, 6) is 0.982. The summed E-state index contributed by atoms with van der Waals surface area (Å²) in [5.41, 5.74) is 2.50. The fourth-order valence-electron chi connectivity index (χ4n) is 2.63. The smallest absolute Gasteiger partial charge is 0.122 e. The maximum atomic E-state index is 6.00. The summed E-state index contributed by atoms with van der Waals surface area (Å²) in [6, 6.07) is 6.52. The van der Waals surface area contributed by atoms with E-state index in [1.807, 2.05) is 0 Å². The molecule has 2 rings (SSSR count). The standard InChI is InChI=1S/C17H28N2O2/c1-14-13-16(19-10-4-8-18-9-11-19)5-6-17(14)21-15(2)7-12-20-3/h5-6,13,15,18H,4,7-12H2,1-3H3. The van der Waals surface area contributed by atoms with Gasteiger partial charge >= 0.3 is 0 Å². The molecule has 0 bridgehead atoms. The molecule has 0 amide bonds. The lowest BCUT2D eigenvalue weighted by Crippen LogP contribution is -2.27. The van der Waals surface area contributed by atoms with Crippen LogP contribution >= 0.6 is 0 Å². The Labute approximate surface area is 128 Å². The van der Waals surface area contributed by atoms with Gasteiger partial charge in [0, 0.05) is 45.5 Å². The van der Waals surface area contributed by atoms with Gasteiger partial charge in [-0.05, 0) is 50.6 Å². The molecule has 4 heteroatoms. The summed E-state index contributed by atoms with van der Waals surface area (Å²) in [5, 5.41) is 3.44. The number of ether oxygens (including phenoxy) is 2. The zero-order valence-corrected chi connectivity index (χ0v) is 13.5. The number of aryl methyl sites for hydroxylation is 1. The average molecular weight is 292 g/mol. The van der Waals surface area contributed by atoms with Gasteiger partial charge in [0.15, 0.2) is 0 Å². The fourth-order valence-corrected chi connectivity index (χ4v) is 2.63. The van der Waals surface area contributed by atoms with Gasteiger partial charge in [-0.2, -0.15) is 0 Å². The summed E-state index contributed by atoms with van der Waals surface area (Å²) in [4.78, 5) is 2.45. The number of nitrogens with one attached hydrogen (secondary N) is 1. The van der Waals surface area contributed by atoms with Gasteiger partial charge < -0.3 is 19.7 Å². The molecule has 1 atom stereocenters. The summed E-state index contributed by atoms with van der Waals surface area (Å²) in [6.07, 6.45) is 2.29. The van der Waals surface area contributed by atoms with Gasteiger partial charge in [0.2, 0.25) is 0 Å². The van der Waals surface area contributed by atoms with Gasteiger partial charge in [0.05, 0.1) is 6.10 Å². The Morgan fingerprint density at radius 2 is 2.14 bits per heavy atom. The van der Waals surface area contributed by atoms with Crippen molar-refractivity contribution in [3.05, 3.63) is 23.8 Å². The topological polar surface area (TPSA) is 33.7 Å². The maximum absolute atomic E-state index is 6.00. The van der Waals surface area contributed by atoms with E-state index in [-0.39, 0.29) is 6.10 Å². The summed E-state index contributed by atoms with van der Waals surface area (Å²) < 4.78 is 11.1. The summed E-state index contributed by atoms with van der Waals surface area (Å²) in [7, 11) is 1.73. The second kappa shape index (κ2) is 8.25. The molecular weight excluding hydrogens is 264 g/mol. The molecular formula is C17H28N2O2. The normalized spacial score (nSPS) is 17.4. The first-order valence-electron chi connectivity index (χ1n) is 7.92. The van der Waals surface area contributed by atoms with Crippen LogP contribution in [0.25, 0.3) is 0 Å². The lowest BCUT2D eigenvalue weighted by molar-refractivity contribution is 0.135. The molecule has 0 radical (unpaired) electrons. The van der Waals surface area contributed by atoms with Gasteiger partial charge in [0.25, 0.3) is 0 Å². The molecule has 4 nitrogen and oxygen atoms in total. The Morgan fingerprint density at radius 1 is 1.29 bits per heavy atom. The van der Waals surface area contributed by atoms with Crippen molar-refractivity contribution >= 4 is 5.69 Å². The van der Waals surface area contributed by atoms with Crippen molar-refractivity contribution in [2.75, 3.05) is 44.8 Å². The highest BCUT2D eigenvalue weighted by Gasteiger charge is 2.12. The fraction of sp³-hybridized carbons (Fsp3) is 0.647. The van der Waals surface area contributed by atoms with E-state index in [4.69, 9.17) is 9.47 Å². The van der Waals surface area contributed by atoms with Crippen LogP contribution in [-0.4, -0.2) is 46.0 Å². The van der Waals surface area contributed by atoms with E-state index in [0.717, 1.165) is 45.0 Å². The second-order valence-electron chi connectivity index (χ2n) is 5.75. The first-order valence-corrected chi connectivity index (χ1v) is 7.92. The minimum atomic E-state index is 0.178. The quantitative estimate of drug-likeness (QED) is 0.874. The molecule has 1 fully saturated rings. The van der Waals surface area contributed by atoms with Crippen molar-refractivity contribution in [2.45, 2.75) is 32.8 Å². The van der Waals surface area contributed by atoms with Crippen molar-refractivity contribution in [3.8, 4) is 5.75 Å². The molecule has 1 N–H and O–H groups in total. The van der Waals surface area contributed by atoms with Gasteiger partial charge in [-0.3, -0.25) is 0 Å². The van der Waals surface area contributed by atoms with Crippen LogP contribution in [-0.2, 0) is 4.74 Å². The molecule has 1 aliphatic heterocycles. The molecule has 0 saturated carbocycles. The SMILES string of the molecule is COCCC(C)Oc1ccc(N2CCCNCC2)cc1C. The third kappa shape index (κ3) is 4.90. The molecule has 1 heterocycles. The highest BCUT2D eigenvalue weighted by Crippen LogP contribution is 2.26. The number of hydrogen-bond acceptors (Lipinski definition) is 4. The minimum Gasteiger partial charge on any atom is -0.490 e. The number of benzene rings is 1. The predicted octanol–water partition coefficient (Wildman–Crippen LogP) is 2.60. The summed E-state index contributed by atoms with van der Waals surface area (Å²) >= 11 is 0. The van der Waals surface area contributed by atoms with E-state index in [0.29, 0.717) is 0 Å². The highest BCUT2D eigenvalue weighted by molar-refractivity contribution is 5.53. The van der Waals surface area contributed by atoms with E-state index in [9.17, 15) is 0 Å². The molecule has 0 spiro atoms. The summed E-state index contributed by atoms with van der Waals surface area (Å²) in [6.45, 7) is 9.32. The molecule has 1 saturated heterocycles. The predicted molar refractivity (Wildman–Crippen MR) is 87.5 cm³/mol. The van der Waals surface area contributed by atoms with Gasteiger partial charge in [-0.1, -0.05) is 0 Å². The molecule has 0 aromatic heterocycles. The van der Waals surface area contributed by atoms with E-state index >= 15 is 0 Å². The van der Waals surface area contributed by atoms with Crippen molar-refractivity contribution in [1.82, 2.24) is 5.32 Å². The lowest BCUT2D eigenvalue weighted by Gasteiger charge is -2.24. The number of rotatable bonds is 6. The zero-order chi connectivity index (χ0) is 15.1. The average Bonchev–Trinajstić information content (AvgIpc) is 2.76. The Hall–Kier alpha value is -1.26. The third-order valence-corrected chi connectivity index (χ3v) is 3.92. The van der Waals surface area contributed by atoms with Crippen LogP contribution in [0.4, 0.5) is 5.69 Å². The van der Waals surface area contributed by atoms with Crippen LogP contribution in [0, 0.1) is 6.92 Å². The second-order valence-corrected chi connectivity index (χ2v) is 5.75. The van der Waals surface area contributed by atoms with E-state index < -0.39 is 0 Å². The Morgan fingerprint density at radius 3 is 2.90 bits per heavy atom. The lowest BCUT2D eigenvalue weighted by atomic mass is 10.1. The Balaban J connectivity index is 1.99. The van der Waals surface area contributed by atoms with Crippen molar-refractivity contribution in [1.29, 1.82) is 0 Å². The van der Waals surface area contributed by atoms with Crippen LogP contribution < -0.4 is 15.0 Å². The first-order chi connectivity index (χ1) is 10.2. The van der Waals surface area contributed by atoms with E-state index in [1.165, 1.54) is 17.7 Å². The molecule has 118 valence electrons. The molecule has 0 aliphatic carbocycles. The number of methoxy groups -OCH3 is 1. The number of anilines is 1. The largest absolute Gasteiger partial charge is 0.490 e. The number of hydrogen-bond donors (Lipinski definition) is 1. The number of nitrogens with zero attached hydrogens (tertiary/aromatic N) is 1. The van der Waals surface area contributed by atoms with E-state index in [1.54, 1.807) is 7.11 Å². The molecule has 1 aromatic carbocycles. The van der Waals surface area contributed by atoms with Gasteiger partial charge in [-0.25, -0.2) is 0 Å². The van der Waals surface area contributed by atoms with Crippen LogP contribution in [0.3, 0.4) is 0 Å². The Kier molecular flexibility index (Phi) is 6.33. The zero-order valence-electron chi connectivity index (χ0n) is 13.5. The van der Waals surface area contributed by atoms with Crippen molar-refractivity contribution in [2.24, 2.45) is 0 Å². The highest BCUT2D eigenvalue weighted by atomic mass is 16.5. The Bertz CT molecular complexity index is 429. The van der Waals surface area contributed by atoms with E-state index in [2.05, 4.69) is 42.3 Å². The van der Waals surface area contributed by atoms with Crippen molar-refractivity contribution < 1.29 is 9.47 Å². The van der Waals surface area contributed by atoms with Gasteiger partial charge in [-0.15, -0.1) is 0 Å². The van der Waals surface area contributed by atoms with Crippen molar-refractivity contribution in [3.63, 3.8) is 0 Å². The van der Waals surface area contributed by atoms with Gasteiger partial charge in [0.1, 0.15) is 5.75 Å². The minimum absolute atomic E-state index is 0.178. The maximum Gasteiger partial charge on any atom is 0.122 e. The van der Waals surface area contributed by atoms with Crippen LogP contribution in [0.1, 0.15) is 25.3 Å². The molecule has 1 unspecified atom stereocenters. The van der Waals surface area contributed by atoms with Crippen LogP contribution in [0.2, 0.25) is 0 Å². The molecule has 1 aromatic rings. The monoisotopic (exact) mass is 292 g/mol. The molecule has 1 aliphatic rings. The molecule has 21 heavy (non-hydrogen) atoms. The first kappa shape index (κ1) is 16.1. The van der Waals surface area contributed by atoms with Crippen LogP contribution in [0.5, 0.6) is 5.75 Å². The van der Waals surface area contributed by atoms with Crippen LogP contribution in [0.15, 0.2) is 18.2 Å². The third-order valence-electron chi connectivity index (χ3n) is 3.92.